The lowest BCUT2D eigenvalue weighted by Crippen LogP contribution is -2.45. The number of amides is 1. The second-order valence-electron chi connectivity index (χ2n) is 17.1. The molecule has 0 aliphatic heterocycles. The molecule has 8 nitrogen and oxygen atoms in total. The summed E-state index contributed by atoms with van der Waals surface area (Å²) in [6.07, 6.45) is 52.9. The van der Waals surface area contributed by atoms with Crippen LogP contribution in [0.5, 0.6) is 0 Å². The minimum Gasteiger partial charge on any atom is -0.387 e. The Morgan fingerprint density at radius 1 is 0.586 bits per heavy atom. The van der Waals surface area contributed by atoms with Crippen LogP contribution in [0.15, 0.2) is 60.8 Å². The smallest absolute Gasteiger partial charge is 0.387 e. The quantitative estimate of drug-likeness (QED) is 0.0245. The van der Waals surface area contributed by atoms with Gasteiger partial charge < -0.3 is 19.8 Å². The van der Waals surface area contributed by atoms with E-state index in [1.165, 1.54) is 116 Å². The fraction of sp³-hybridized carbons (Fsp3) is 0.776. The van der Waals surface area contributed by atoms with Crippen LogP contribution >= 0.6 is 7.82 Å². The average Bonchev–Trinajstić information content (AvgIpc) is 3.17. The normalized spacial score (nSPS) is 14.8. The minimum atomic E-state index is -4.35. The van der Waals surface area contributed by atoms with E-state index in [2.05, 4.69) is 67.8 Å². The van der Waals surface area contributed by atoms with Gasteiger partial charge in [0.15, 0.2) is 0 Å². The lowest BCUT2D eigenvalue weighted by molar-refractivity contribution is -0.870. The molecular weight excluding hydrogens is 744 g/mol. The molecular formula is C49H92N2O6P+. The molecule has 0 spiro atoms. The monoisotopic (exact) mass is 836 g/mol. The number of aliphatic hydroxyl groups is 1. The van der Waals surface area contributed by atoms with E-state index in [1.54, 1.807) is 6.08 Å². The number of nitrogens with one attached hydrogen (secondary N) is 1. The van der Waals surface area contributed by atoms with Crippen LogP contribution in [0.1, 0.15) is 194 Å². The summed E-state index contributed by atoms with van der Waals surface area (Å²) in [5.41, 5.74) is 0. The predicted octanol–water partition coefficient (Wildman–Crippen LogP) is 13.4. The predicted molar refractivity (Wildman–Crippen MR) is 249 cm³/mol. The van der Waals surface area contributed by atoms with Crippen LogP contribution in [-0.4, -0.2) is 73.4 Å². The molecule has 0 aromatic carbocycles. The molecule has 0 saturated heterocycles. The van der Waals surface area contributed by atoms with E-state index in [0.717, 1.165) is 57.8 Å². The van der Waals surface area contributed by atoms with Gasteiger partial charge in [-0.25, -0.2) is 4.57 Å². The number of rotatable bonds is 42. The Hall–Kier alpha value is -1.80. The zero-order valence-corrected chi connectivity index (χ0v) is 39.2. The van der Waals surface area contributed by atoms with Gasteiger partial charge in [0.25, 0.3) is 0 Å². The lowest BCUT2D eigenvalue weighted by Gasteiger charge is -2.25. The van der Waals surface area contributed by atoms with Gasteiger partial charge in [0.05, 0.1) is 39.9 Å². The highest BCUT2D eigenvalue weighted by molar-refractivity contribution is 7.47. The number of hydrogen-bond acceptors (Lipinski definition) is 5. The van der Waals surface area contributed by atoms with Gasteiger partial charge in [0, 0.05) is 6.42 Å². The van der Waals surface area contributed by atoms with Crippen LogP contribution in [0.3, 0.4) is 0 Å². The maximum atomic E-state index is 12.9. The van der Waals surface area contributed by atoms with Crippen molar-refractivity contribution in [1.82, 2.24) is 5.32 Å². The largest absolute Gasteiger partial charge is 0.472 e. The Kier molecular flexibility index (Phi) is 39.3. The van der Waals surface area contributed by atoms with Crippen molar-refractivity contribution in [2.45, 2.75) is 206 Å². The van der Waals surface area contributed by atoms with Crippen LogP contribution < -0.4 is 5.32 Å². The molecule has 0 radical (unpaired) electrons. The van der Waals surface area contributed by atoms with E-state index in [1.807, 2.05) is 27.2 Å². The number of unbranched alkanes of at least 4 members (excludes halogenated alkanes) is 21. The number of phosphoric ester groups is 1. The van der Waals surface area contributed by atoms with E-state index >= 15 is 0 Å². The van der Waals surface area contributed by atoms with E-state index in [-0.39, 0.29) is 19.1 Å². The maximum absolute atomic E-state index is 12.9. The molecule has 0 aliphatic carbocycles. The summed E-state index contributed by atoms with van der Waals surface area (Å²) in [5, 5.41) is 13.8. The molecule has 338 valence electrons. The first kappa shape index (κ1) is 56.2. The summed E-state index contributed by atoms with van der Waals surface area (Å²) in [7, 11) is 1.54. The molecule has 0 aromatic rings. The highest BCUT2D eigenvalue weighted by atomic mass is 31.2. The van der Waals surface area contributed by atoms with Crippen molar-refractivity contribution in [3.8, 4) is 0 Å². The maximum Gasteiger partial charge on any atom is 0.472 e. The fourth-order valence-electron chi connectivity index (χ4n) is 6.42. The number of carbonyl (C=O) groups excluding carboxylic acids is 1. The van der Waals surface area contributed by atoms with Crippen molar-refractivity contribution in [3.05, 3.63) is 60.8 Å². The Balaban J connectivity index is 4.37. The van der Waals surface area contributed by atoms with Crippen LogP contribution in [0.2, 0.25) is 0 Å². The summed E-state index contributed by atoms with van der Waals surface area (Å²) < 4.78 is 23.5. The SMILES string of the molecule is CCCCCCC/C=C\C/C=C\C/C=C\CCCCCCCCCCC(=O)NC(COP(=O)(O)OCC[N+](C)(C)C)C(O)/C=C/CC/C=C/CCCCCCCCC. The zero-order valence-electron chi connectivity index (χ0n) is 38.3. The average molecular weight is 836 g/mol. The van der Waals surface area contributed by atoms with Crippen molar-refractivity contribution < 1.29 is 32.9 Å². The number of likely N-dealkylation sites (N-methyl/N-ethyl adjacent to an activating group) is 1. The third-order valence-corrected chi connectivity index (χ3v) is 11.2. The standard InChI is InChI=1S/C49H91N2O6P/c1-6-8-10-12-14-16-18-20-21-22-23-24-25-26-27-28-29-31-33-35-37-39-41-43-49(53)50-47(46-57-58(54,55)56-45-44-51(3,4)5)48(52)42-40-38-36-34-32-30-19-17-15-13-11-9-7-2/h18,20,22-23,25-26,32,34,40,42,47-48,52H,6-17,19,21,24,27-31,33,35-39,41,43-46H2,1-5H3,(H-,50,53,54,55)/p+1/b20-18-,23-22-,26-25-,34-32+,42-40+. The van der Waals surface area contributed by atoms with Crippen LogP contribution in [0.4, 0.5) is 0 Å². The van der Waals surface area contributed by atoms with Crippen LogP contribution in [0.25, 0.3) is 0 Å². The van der Waals surface area contributed by atoms with Crippen LogP contribution in [0, 0.1) is 0 Å². The number of quaternary nitrogens is 1. The fourth-order valence-corrected chi connectivity index (χ4v) is 7.15. The topological polar surface area (TPSA) is 105 Å². The molecule has 1 amide bonds. The van der Waals surface area contributed by atoms with Gasteiger partial charge in [0.1, 0.15) is 13.2 Å². The second-order valence-corrected chi connectivity index (χ2v) is 18.6. The molecule has 0 heterocycles. The van der Waals surface area contributed by atoms with Gasteiger partial charge in [-0.3, -0.25) is 13.8 Å². The highest BCUT2D eigenvalue weighted by Gasteiger charge is 2.27. The van der Waals surface area contributed by atoms with E-state index in [9.17, 15) is 19.4 Å². The first-order valence-corrected chi connectivity index (χ1v) is 25.2. The van der Waals surface area contributed by atoms with Crippen molar-refractivity contribution in [1.29, 1.82) is 0 Å². The first-order valence-electron chi connectivity index (χ1n) is 23.7. The van der Waals surface area contributed by atoms with Crippen molar-refractivity contribution in [2.24, 2.45) is 0 Å². The summed E-state index contributed by atoms with van der Waals surface area (Å²) in [4.78, 5) is 23.1. The number of phosphoric acid groups is 1. The Labute approximate surface area is 358 Å². The molecule has 0 bridgehead atoms. The third kappa shape index (κ3) is 42.3. The number of hydrogen-bond donors (Lipinski definition) is 3. The van der Waals surface area contributed by atoms with Crippen molar-refractivity contribution in [3.63, 3.8) is 0 Å². The van der Waals surface area contributed by atoms with Crippen LogP contribution in [-0.2, 0) is 18.4 Å². The van der Waals surface area contributed by atoms with E-state index in [4.69, 9.17) is 9.05 Å². The molecule has 0 aromatic heterocycles. The van der Waals surface area contributed by atoms with Gasteiger partial charge in [-0.15, -0.1) is 0 Å². The first-order chi connectivity index (χ1) is 28.0. The molecule has 0 fully saturated rings. The number of carbonyl (C=O) groups is 1. The van der Waals surface area contributed by atoms with Crippen molar-refractivity contribution in [2.75, 3.05) is 40.9 Å². The molecule has 3 unspecified atom stereocenters. The minimum absolute atomic E-state index is 0.0522. The molecule has 0 saturated carbocycles. The zero-order chi connectivity index (χ0) is 42.8. The van der Waals surface area contributed by atoms with E-state index in [0.29, 0.717) is 17.4 Å². The summed E-state index contributed by atoms with van der Waals surface area (Å²) in [6, 6.07) is -0.868. The Bertz CT molecular complexity index is 1130. The Morgan fingerprint density at radius 3 is 1.50 bits per heavy atom. The molecule has 3 atom stereocenters. The highest BCUT2D eigenvalue weighted by Crippen LogP contribution is 2.43. The summed E-state index contributed by atoms with van der Waals surface area (Å²) >= 11 is 0. The lowest BCUT2D eigenvalue weighted by atomic mass is 10.1. The van der Waals surface area contributed by atoms with Crippen molar-refractivity contribution >= 4 is 13.7 Å². The number of allylic oxidation sites excluding steroid dienone is 9. The van der Waals surface area contributed by atoms with Gasteiger partial charge in [-0.05, 0) is 70.6 Å². The molecule has 3 N–H and O–H groups in total. The molecule has 0 rings (SSSR count). The molecule has 58 heavy (non-hydrogen) atoms. The third-order valence-electron chi connectivity index (χ3n) is 10.2. The summed E-state index contributed by atoms with van der Waals surface area (Å²) in [5.74, 6) is -0.197. The number of aliphatic hydroxyl groups excluding tert-OH is 1. The van der Waals surface area contributed by atoms with Gasteiger partial charge in [0.2, 0.25) is 5.91 Å². The second kappa shape index (κ2) is 40.6. The number of nitrogens with zero attached hydrogens (tertiary/aromatic N) is 1. The van der Waals surface area contributed by atoms with Gasteiger partial charge >= 0.3 is 7.82 Å². The molecule has 0 aliphatic rings. The summed E-state index contributed by atoms with van der Waals surface area (Å²) in [6.45, 7) is 4.75. The van der Waals surface area contributed by atoms with Gasteiger partial charge in [-0.2, -0.15) is 0 Å². The Morgan fingerprint density at radius 2 is 1.00 bits per heavy atom. The molecule has 9 heteroatoms. The van der Waals surface area contributed by atoms with E-state index < -0.39 is 20.0 Å². The van der Waals surface area contributed by atoms with Gasteiger partial charge in [-0.1, -0.05) is 177 Å².